The fourth-order valence-electron chi connectivity index (χ4n) is 2.25. The van der Waals surface area contributed by atoms with E-state index in [1.54, 1.807) is 16.6 Å². The van der Waals surface area contributed by atoms with Gasteiger partial charge in [-0.05, 0) is 25.1 Å². The lowest BCUT2D eigenvalue weighted by molar-refractivity contribution is 0.985. The van der Waals surface area contributed by atoms with Crippen LogP contribution in [0.3, 0.4) is 0 Å². The highest BCUT2D eigenvalue weighted by Crippen LogP contribution is 2.33. The summed E-state index contributed by atoms with van der Waals surface area (Å²) in [6.45, 7) is 1.90. The average Bonchev–Trinajstić information content (AvgIpc) is 3.08. The zero-order valence-corrected chi connectivity index (χ0v) is 14.7. The quantitative estimate of drug-likeness (QED) is 0.565. The normalized spacial score (nSPS) is 11.1. The van der Waals surface area contributed by atoms with Crippen LogP contribution in [0.1, 0.15) is 5.69 Å². The van der Waals surface area contributed by atoms with Crippen LogP contribution in [-0.4, -0.2) is 24.6 Å². The van der Waals surface area contributed by atoms with E-state index in [9.17, 15) is 0 Å². The number of thiazole rings is 1. The number of hydrogen-bond acceptors (Lipinski definition) is 6. The van der Waals surface area contributed by atoms with E-state index in [4.69, 9.17) is 23.2 Å². The summed E-state index contributed by atoms with van der Waals surface area (Å²) in [5, 5.41) is 10.7. The second-order valence-corrected chi connectivity index (χ2v) is 6.72. The molecule has 0 radical (unpaired) electrons. The van der Waals surface area contributed by atoms with Crippen molar-refractivity contribution in [3.05, 3.63) is 51.7 Å². The van der Waals surface area contributed by atoms with E-state index in [2.05, 4.69) is 25.4 Å². The molecule has 9 heteroatoms. The van der Waals surface area contributed by atoms with Gasteiger partial charge in [0.15, 0.2) is 0 Å². The highest BCUT2D eigenvalue weighted by atomic mass is 35.5. The third-order valence-corrected chi connectivity index (χ3v) is 4.70. The highest BCUT2D eigenvalue weighted by molar-refractivity contribution is 7.15. The Hall–Kier alpha value is -2.22. The molecule has 3 heterocycles. The number of nitrogens with one attached hydrogen (secondary N) is 1. The monoisotopic (exact) mass is 376 g/mol. The maximum Gasteiger partial charge on any atom is 0.249 e. The fraction of sp³-hybridized carbons (Fsp3) is 0.0667. The number of rotatable bonds is 3. The predicted octanol–water partition coefficient (Wildman–Crippen LogP) is 4.61. The van der Waals surface area contributed by atoms with Crippen LogP contribution in [0.25, 0.3) is 16.2 Å². The summed E-state index contributed by atoms with van der Waals surface area (Å²) in [6, 6.07) is 7.20. The summed E-state index contributed by atoms with van der Waals surface area (Å²) in [4.78, 5) is 13.4. The molecule has 6 nitrogen and oxygen atoms in total. The molecule has 0 saturated heterocycles. The number of anilines is 2. The summed E-state index contributed by atoms with van der Waals surface area (Å²) in [6.07, 6.45) is 1.50. The van der Waals surface area contributed by atoms with Crippen molar-refractivity contribution < 1.29 is 0 Å². The Morgan fingerprint density at radius 2 is 2.04 bits per heavy atom. The Morgan fingerprint density at radius 1 is 1.17 bits per heavy atom. The van der Waals surface area contributed by atoms with E-state index in [1.165, 1.54) is 17.7 Å². The predicted molar refractivity (Wildman–Crippen MR) is 96.4 cm³/mol. The van der Waals surface area contributed by atoms with Crippen LogP contribution in [0.2, 0.25) is 10.0 Å². The van der Waals surface area contributed by atoms with Crippen molar-refractivity contribution in [2.45, 2.75) is 6.92 Å². The molecule has 120 valence electrons. The van der Waals surface area contributed by atoms with Crippen LogP contribution in [0.4, 0.5) is 11.8 Å². The molecule has 0 unspecified atom stereocenters. The van der Waals surface area contributed by atoms with E-state index in [-0.39, 0.29) is 0 Å². The first-order valence-corrected chi connectivity index (χ1v) is 8.59. The minimum Gasteiger partial charge on any atom is -0.307 e. The molecule has 0 amide bonds. The minimum absolute atomic E-state index is 0.464. The maximum atomic E-state index is 6.30. The Bertz CT molecular complexity index is 1040. The maximum absolute atomic E-state index is 6.30. The number of benzene rings is 1. The van der Waals surface area contributed by atoms with Crippen LogP contribution in [0.15, 0.2) is 36.0 Å². The molecule has 3 aromatic heterocycles. The molecule has 0 aliphatic heterocycles. The SMILES string of the molecule is Cc1cc(Nc2nc3scc(-c4ccc(Cl)cc4Cl)n3n2)ncn1. The zero-order valence-electron chi connectivity index (χ0n) is 12.4. The van der Waals surface area contributed by atoms with Gasteiger partial charge in [0, 0.05) is 27.7 Å². The third-order valence-electron chi connectivity index (χ3n) is 3.33. The Labute approximate surface area is 151 Å². The van der Waals surface area contributed by atoms with Crippen LogP contribution in [0.5, 0.6) is 0 Å². The number of aromatic nitrogens is 5. The van der Waals surface area contributed by atoms with Crippen molar-refractivity contribution in [1.82, 2.24) is 24.6 Å². The first kappa shape index (κ1) is 15.3. The first-order valence-electron chi connectivity index (χ1n) is 6.95. The van der Waals surface area contributed by atoms with Crippen molar-refractivity contribution in [3.63, 3.8) is 0 Å². The Balaban J connectivity index is 1.73. The molecule has 0 aliphatic rings. The zero-order chi connectivity index (χ0) is 16.7. The lowest BCUT2D eigenvalue weighted by Gasteiger charge is -2.03. The van der Waals surface area contributed by atoms with Crippen LogP contribution >= 0.6 is 34.5 Å². The molecule has 0 fully saturated rings. The van der Waals surface area contributed by atoms with Crippen LogP contribution in [-0.2, 0) is 0 Å². The summed E-state index contributed by atoms with van der Waals surface area (Å²) < 4.78 is 1.75. The standard InChI is InChI=1S/C15H10Cl2N6S/c1-8-4-13(19-7-18-8)20-14-21-15-23(22-14)12(6-24-15)10-3-2-9(16)5-11(10)17/h2-7H,1H3,(H,18,19,20,22). The second-order valence-electron chi connectivity index (χ2n) is 5.04. The molecule has 1 aromatic carbocycles. The molecule has 0 atom stereocenters. The van der Waals surface area contributed by atoms with Gasteiger partial charge in [0.1, 0.15) is 12.1 Å². The van der Waals surface area contributed by atoms with Crippen molar-refractivity contribution in [3.8, 4) is 11.3 Å². The summed E-state index contributed by atoms with van der Waals surface area (Å²) >= 11 is 13.7. The van der Waals surface area contributed by atoms with E-state index < -0.39 is 0 Å². The molecule has 0 aliphatic carbocycles. The van der Waals surface area contributed by atoms with Crippen molar-refractivity contribution in [1.29, 1.82) is 0 Å². The van der Waals surface area contributed by atoms with E-state index in [1.807, 2.05) is 24.4 Å². The van der Waals surface area contributed by atoms with Gasteiger partial charge in [-0.1, -0.05) is 23.2 Å². The Kier molecular flexibility index (Phi) is 3.84. The number of halogens is 2. The third kappa shape index (κ3) is 2.82. The van der Waals surface area contributed by atoms with E-state index >= 15 is 0 Å². The van der Waals surface area contributed by atoms with Crippen molar-refractivity contribution in [2.24, 2.45) is 0 Å². The van der Waals surface area contributed by atoms with Gasteiger partial charge in [0.05, 0.1) is 10.7 Å². The molecule has 4 aromatic rings. The second kappa shape index (κ2) is 6.01. The minimum atomic E-state index is 0.464. The van der Waals surface area contributed by atoms with Gasteiger partial charge in [-0.25, -0.2) is 14.5 Å². The molecule has 1 N–H and O–H groups in total. The fourth-order valence-corrected chi connectivity index (χ4v) is 3.58. The van der Waals surface area contributed by atoms with Gasteiger partial charge in [-0.2, -0.15) is 4.98 Å². The lowest BCUT2D eigenvalue weighted by atomic mass is 10.2. The lowest BCUT2D eigenvalue weighted by Crippen LogP contribution is -1.97. The van der Waals surface area contributed by atoms with E-state index in [0.29, 0.717) is 21.8 Å². The Morgan fingerprint density at radius 3 is 2.83 bits per heavy atom. The van der Waals surface area contributed by atoms with Gasteiger partial charge >= 0.3 is 0 Å². The van der Waals surface area contributed by atoms with Crippen molar-refractivity contribution >= 4 is 51.3 Å². The smallest absolute Gasteiger partial charge is 0.249 e. The van der Waals surface area contributed by atoms with Gasteiger partial charge in [0.2, 0.25) is 10.9 Å². The van der Waals surface area contributed by atoms with Gasteiger partial charge in [-0.15, -0.1) is 16.4 Å². The van der Waals surface area contributed by atoms with Crippen molar-refractivity contribution in [2.75, 3.05) is 5.32 Å². The molecular weight excluding hydrogens is 367 g/mol. The van der Waals surface area contributed by atoms with Gasteiger partial charge in [0.25, 0.3) is 0 Å². The molecule has 0 saturated carbocycles. The number of fused-ring (bicyclic) bond motifs is 1. The largest absolute Gasteiger partial charge is 0.307 e. The average molecular weight is 377 g/mol. The van der Waals surface area contributed by atoms with Gasteiger partial charge < -0.3 is 5.32 Å². The molecule has 24 heavy (non-hydrogen) atoms. The molecule has 0 spiro atoms. The molecule has 4 rings (SSSR count). The topological polar surface area (TPSA) is 68.0 Å². The number of hydrogen-bond donors (Lipinski definition) is 1. The highest BCUT2D eigenvalue weighted by Gasteiger charge is 2.14. The van der Waals surface area contributed by atoms with Crippen LogP contribution < -0.4 is 5.32 Å². The summed E-state index contributed by atoms with van der Waals surface area (Å²) in [5.74, 6) is 1.11. The number of nitrogens with zero attached hydrogens (tertiary/aromatic N) is 5. The molecular formula is C15H10Cl2N6S. The van der Waals surface area contributed by atoms with E-state index in [0.717, 1.165) is 21.9 Å². The van der Waals surface area contributed by atoms with Crippen LogP contribution in [0, 0.1) is 6.92 Å². The first-order chi connectivity index (χ1) is 11.6. The summed E-state index contributed by atoms with van der Waals surface area (Å²) in [7, 11) is 0. The number of aryl methyl sites for hydroxylation is 1. The summed E-state index contributed by atoms with van der Waals surface area (Å²) in [5.41, 5.74) is 2.57. The molecule has 0 bridgehead atoms. The van der Waals surface area contributed by atoms with Gasteiger partial charge in [-0.3, -0.25) is 0 Å².